The molecule has 0 bridgehead atoms. The van der Waals surface area contributed by atoms with Crippen molar-refractivity contribution in [2.45, 2.75) is 50.8 Å². The Morgan fingerprint density at radius 2 is 1.03 bits per heavy atom. The van der Waals surface area contributed by atoms with Crippen LogP contribution in [0.25, 0.3) is 105 Å². The Morgan fingerprint density at radius 1 is 0.451 bits per heavy atom. The average Bonchev–Trinajstić information content (AvgIpc) is 3.78. The topological polar surface area (TPSA) is 8.17 Å². The van der Waals surface area contributed by atoms with Crippen LogP contribution in [-0.2, 0) is 0 Å². The van der Waals surface area contributed by atoms with E-state index in [-0.39, 0.29) is 0 Å². The van der Waals surface area contributed by atoms with Gasteiger partial charge < -0.3 is 4.57 Å². The summed E-state index contributed by atoms with van der Waals surface area (Å²) in [6.07, 6.45) is 18.8. The molecule has 10 aromatic carbocycles. The van der Waals surface area contributed by atoms with Crippen LogP contribution in [0.4, 0.5) is 11.4 Å². The summed E-state index contributed by atoms with van der Waals surface area (Å²) < 4.78 is 3.89. The third-order valence-electron chi connectivity index (χ3n) is 14.8. The fraction of sp³-hybridized carbons (Fsp3) is 0.118. The quantitative estimate of drug-likeness (QED) is 0.0712. The van der Waals surface area contributed by atoms with Gasteiger partial charge in [0, 0.05) is 16.5 Å². The second-order valence-corrected chi connectivity index (χ2v) is 21.5. The third kappa shape index (κ3) is 7.55. The van der Waals surface area contributed by atoms with E-state index in [0.717, 1.165) is 37.1 Å². The van der Waals surface area contributed by atoms with Crippen molar-refractivity contribution in [2.75, 3.05) is 4.90 Å². The van der Waals surface area contributed by atoms with E-state index in [0.29, 0.717) is 15.0 Å². The molecule has 0 saturated carbocycles. The van der Waals surface area contributed by atoms with Gasteiger partial charge in [-0.3, -0.25) is 0 Å². The van der Waals surface area contributed by atoms with Crippen LogP contribution in [0.15, 0.2) is 218 Å². The van der Waals surface area contributed by atoms with E-state index in [1.54, 1.807) is 0 Å². The van der Waals surface area contributed by atoms with E-state index in [2.05, 4.69) is 241 Å². The molecule has 11 aromatic rings. The SMILES string of the molecule is CCCC[Se]c1ccc2c(-c3c4ccccc4c(N(C4=CCCC=C4)c4ccc(-n5c6ccccc6c6ccccc65)cc4)c4ccccc34)c3c(c(-c4cccc(-c5ccccc5)c4)c2c1)=CCCC=3. The maximum absolute atomic E-state index is 2.58. The van der Waals surface area contributed by atoms with E-state index < -0.39 is 0 Å². The molecule has 2 nitrogen and oxygen atoms in total. The van der Waals surface area contributed by atoms with Crippen molar-refractivity contribution >= 4 is 97.1 Å². The second-order valence-electron chi connectivity index (χ2n) is 19.1. The number of benzene rings is 10. The summed E-state index contributed by atoms with van der Waals surface area (Å²) in [7, 11) is 0. The van der Waals surface area contributed by atoms with Crippen molar-refractivity contribution < 1.29 is 0 Å². The summed E-state index contributed by atoms with van der Waals surface area (Å²) in [6, 6.07) is 73.0. The molecule has 0 N–H and O–H groups in total. The molecule has 0 fully saturated rings. The van der Waals surface area contributed by atoms with Gasteiger partial charge in [-0.2, -0.15) is 0 Å². The minimum atomic E-state index is 0.396. The number of para-hydroxylation sites is 2. The van der Waals surface area contributed by atoms with Gasteiger partial charge in [0.2, 0.25) is 0 Å². The van der Waals surface area contributed by atoms with Gasteiger partial charge in [-0.05, 0) is 37.1 Å². The summed E-state index contributed by atoms with van der Waals surface area (Å²) >= 11 is 0.396. The van der Waals surface area contributed by atoms with E-state index >= 15 is 0 Å². The number of hydrogen-bond donors (Lipinski definition) is 0. The van der Waals surface area contributed by atoms with Gasteiger partial charge >= 0.3 is 313 Å². The Balaban J connectivity index is 1.06. The van der Waals surface area contributed by atoms with E-state index in [4.69, 9.17) is 0 Å². The standard InChI is InChI=1S/C68H54N2Se/c1-2-3-43-71-52-41-42-59-62(45-52)65(48-24-20-23-47(44-48)46-21-6-4-7-22-46)55-29-10-11-30-56(55)66(59)67-57-31-12-14-33-60(57)68(61-34-15-13-32-58(61)67)69(49-25-8-5-9-26-49)50-37-39-51(40-38-50)70-63-35-18-16-27-53(63)54-28-17-19-36-64(54)70/h4,6-8,12-42,44-45H,2-3,5,9-11,43H2,1H3. The molecule has 0 unspecified atom stereocenters. The molecular formula is C68H54N2Se. The van der Waals surface area contributed by atoms with Crippen LogP contribution in [0.5, 0.6) is 0 Å². The number of hydrogen-bond acceptors (Lipinski definition) is 1. The van der Waals surface area contributed by atoms with Gasteiger partial charge in [-0.25, -0.2) is 0 Å². The molecule has 3 heteroatoms. The molecular weight excluding hydrogens is 924 g/mol. The van der Waals surface area contributed by atoms with Gasteiger partial charge in [0.1, 0.15) is 0 Å². The normalized spacial score (nSPS) is 13.4. The molecule has 0 amide bonds. The van der Waals surface area contributed by atoms with Crippen LogP contribution in [0.3, 0.4) is 0 Å². The Morgan fingerprint density at radius 3 is 1.69 bits per heavy atom. The van der Waals surface area contributed by atoms with E-state index in [1.807, 2.05) is 0 Å². The molecule has 342 valence electrons. The van der Waals surface area contributed by atoms with Crippen molar-refractivity contribution in [3.05, 3.63) is 228 Å². The fourth-order valence-corrected chi connectivity index (χ4v) is 13.8. The van der Waals surface area contributed by atoms with Gasteiger partial charge in [0.05, 0.1) is 11.0 Å². The number of anilines is 2. The summed E-state index contributed by atoms with van der Waals surface area (Å²) in [4.78, 5) is 2.54. The summed E-state index contributed by atoms with van der Waals surface area (Å²) in [5.41, 5.74) is 14.9. The zero-order valence-electron chi connectivity index (χ0n) is 40.1. The molecule has 1 heterocycles. The minimum absolute atomic E-state index is 0.396. The van der Waals surface area contributed by atoms with Crippen molar-refractivity contribution in [1.82, 2.24) is 4.57 Å². The van der Waals surface area contributed by atoms with Gasteiger partial charge in [-0.15, -0.1) is 0 Å². The molecule has 13 rings (SSSR count). The van der Waals surface area contributed by atoms with Crippen molar-refractivity contribution in [1.29, 1.82) is 0 Å². The number of fused-ring (bicyclic) bond motifs is 7. The number of unbranched alkanes of at least 4 members (excludes halogenated alkanes) is 1. The van der Waals surface area contributed by atoms with Crippen LogP contribution < -0.4 is 19.8 Å². The molecule has 0 spiro atoms. The van der Waals surface area contributed by atoms with E-state index in [9.17, 15) is 0 Å². The van der Waals surface area contributed by atoms with Crippen LogP contribution in [0.1, 0.15) is 45.4 Å². The molecule has 2 aliphatic carbocycles. The average molecular weight is 978 g/mol. The first-order chi connectivity index (χ1) is 35.2. The first-order valence-corrected chi connectivity index (χ1v) is 27.6. The number of allylic oxidation sites excluding steroid dienone is 3. The second kappa shape index (κ2) is 18.6. The summed E-state index contributed by atoms with van der Waals surface area (Å²) in [5.74, 6) is 0. The van der Waals surface area contributed by atoms with Crippen LogP contribution in [0.2, 0.25) is 5.32 Å². The molecule has 0 saturated heterocycles. The Labute approximate surface area is 422 Å². The predicted octanol–water partition coefficient (Wildman–Crippen LogP) is 16.5. The molecule has 71 heavy (non-hydrogen) atoms. The predicted molar refractivity (Wildman–Crippen MR) is 307 cm³/mol. The van der Waals surface area contributed by atoms with Crippen LogP contribution in [-0.4, -0.2) is 19.5 Å². The van der Waals surface area contributed by atoms with Crippen LogP contribution in [0, 0.1) is 0 Å². The molecule has 0 radical (unpaired) electrons. The fourth-order valence-electron chi connectivity index (χ4n) is 11.6. The molecule has 0 aliphatic heterocycles. The first kappa shape index (κ1) is 43.3. The monoisotopic (exact) mass is 978 g/mol. The third-order valence-corrected chi connectivity index (χ3v) is 17.1. The summed E-state index contributed by atoms with van der Waals surface area (Å²) in [6.45, 7) is 2.31. The molecule has 2 aliphatic rings. The van der Waals surface area contributed by atoms with Gasteiger partial charge in [0.25, 0.3) is 0 Å². The number of rotatable bonds is 11. The van der Waals surface area contributed by atoms with E-state index in [1.165, 1.54) is 132 Å². The maximum atomic E-state index is 2.58. The van der Waals surface area contributed by atoms with Crippen molar-refractivity contribution in [3.8, 4) is 39.1 Å². The Kier molecular flexibility index (Phi) is 11.3. The van der Waals surface area contributed by atoms with Gasteiger partial charge in [-0.1, -0.05) is 42.5 Å². The van der Waals surface area contributed by atoms with Crippen LogP contribution >= 0.6 is 0 Å². The van der Waals surface area contributed by atoms with Gasteiger partial charge in [0.15, 0.2) is 0 Å². The zero-order chi connectivity index (χ0) is 47.3. The van der Waals surface area contributed by atoms with Crippen molar-refractivity contribution in [3.63, 3.8) is 0 Å². The zero-order valence-corrected chi connectivity index (χ0v) is 41.8. The van der Waals surface area contributed by atoms with Crippen molar-refractivity contribution in [2.24, 2.45) is 0 Å². The Hall–Kier alpha value is -7.68. The summed E-state index contributed by atoms with van der Waals surface area (Å²) in [5, 5.41) is 14.2. The molecule has 1 aromatic heterocycles. The number of nitrogens with zero attached hydrogens (tertiary/aromatic N) is 2. The number of aromatic nitrogens is 1. The Bertz CT molecular complexity index is 3950. The molecule has 0 atom stereocenters. The first-order valence-electron chi connectivity index (χ1n) is 25.5.